The first kappa shape index (κ1) is 40.9. The van der Waals surface area contributed by atoms with Crippen molar-refractivity contribution >= 4 is 34.0 Å². The van der Waals surface area contributed by atoms with Crippen LogP contribution in [0.1, 0.15) is 18.4 Å². The van der Waals surface area contributed by atoms with E-state index in [1.165, 1.54) is 23.4 Å². The van der Waals surface area contributed by atoms with Crippen LogP contribution in [0.2, 0.25) is 0 Å². The van der Waals surface area contributed by atoms with E-state index < -0.39 is 6.17 Å². The van der Waals surface area contributed by atoms with Gasteiger partial charge in [-0.15, -0.1) is 0 Å². The number of ether oxygens (including phenoxy) is 2. The fourth-order valence-corrected chi connectivity index (χ4v) is 8.44. The number of halogens is 1. The molecule has 12 heteroatoms. The third-order valence-corrected chi connectivity index (χ3v) is 12.2. The predicted molar refractivity (Wildman–Crippen MR) is 255 cm³/mol. The summed E-state index contributed by atoms with van der Waals surface area (Å²) in [7, 11) is 1.68. The number of hydrogen-bond donors (Lipinski definition) is 0. The van der Waals surface area contributed by atoms with Gasteiger partial charge in [0.05, 0.1) is 37.4 Å². The maximum atomic E-state index is 13.3. The van der Waals surface area contributed by atoms with Crippen LogP contribution in [-0.4, -0.2) is 93.9 Å². The van der Waals surface area contributed by atoms with E-state index in [2.05, 4.69) is 121 Å². The van der Waals surface area contributed by atoms with Crippen molar-refractivity contribution in [1.82, 2.24) is 28.2 Å². The molecule has 0 saturated carbocycles. The summed E-state index contributed by atoms with van der Waals surface area (Å²) in [6.07, 6.45) is 13.6. The number of methoxy groups -OCH3 is 1. The number of alkyl halides is 1. The Kier molecular flexibility index (Phi) is 11.7. The zero-order valence-corrected chi connectivity index (χ0v) is 36.3. The number of nitrogens with zero attached hydrogens (tertiary/aromatic N) is 9. The summed E-state index contributed by atoms with van der Waals surface area (Å²) in [5.74, 6) is 0.864. The summed E-state index contributed by atoms with van der Waals surface area (Å²) in [5.41, 5.74) is 14.0. The van der Waals surface area contributed by atoms with Crippen LogP contribution in [0.5, 0.6) is 5.75 Å². The maximum Gasteiger partial charge on any atom is 0.139 e. The van der Waals surface area contributed by atoms with Crippen LogP contribution in [0.15, 0.2) is 152 Å². The molecule has 0 spiro atoms. The van der Waals surface area contributed by atoms with Gasteiger partial charge in [0.2, 0.25) is 0 Å². The van der Waals surface area contributed by atoms with E-state index in [1.807, 2.05) is 71.4 Å². The molecule has 9 aromatic rings. The summed E-state index contributed by atoms with van der Waals surface area (Å²) in [4.78, 5) is 21.0. The zero-order chi connectivity index (χ0) is 43.4. The molecule has 6 aromatic heterocycles. The fraction of sp³-hybridized carbons (Fsp3) is 0.250. The molecule has 3 aliphatic rings. The standard InChI is InChI=1S/C18H19N3O.C17H16FN3.C17H17N3O/c1-14-3-2-4-15(11-14)17-13-21-6-5-16(12-18(21)19-17)20-7-9-22-10-8-20;18-14-6-8-20(11-14)15-7-9-21-12-16(19-17(21)10-15)13-4-2-1-3-5-13;1-21-15-5-3-13(4-6-15)16-12-20-10-7-14(11-17(20)18-16)19-8-2-9-19/h2-6,11-13H,7-10H2,1H3;1-5,7,9-10,12,14H,6,8,11H2;3-7,10-12H,2,8-9H2,1H3/t;14-;/m.0./s1. The van der Waals surface area contributed by atoms with Gasteiger partial charge in [0.25, 0.3) is 0 Å². The van der Waals surface area contributed by atoms with Gasteiger partial charge in [-0.1, -0.05) is 54.1 Å². The number of morpholine rings is 1. The van der Waals surface area contributed by atoms with Crippen LogP contribution in [0.4, 0.5) is 21.5 Å². The molecule has 0 N–H and O–H groups in total. The molecule has 12 rings (SSSR count). The van der Waals surface area contributed by atoms with Crippen molar-refractivity contribution in [2.75, 3.05) is 74.3 Å². The average Bonchev–Trinajstić information content (AvgIpc) is 4.15. The number of rotatable bonds is 7. The number of imidazole rings is 3. The van der Waals surface area contributed by atoms with Crippen molar-refractivity contribution in [3.63, 3.8) is 0 Å². The Balaban J connectivity index is 0.000000114. The summed E-state index contributed by atoms with van der Waals surface area (Å²) in [6.45, 7) is 9.18. The normalized spacial score (nSPS) is 16.0. The van der Waals surface area contributed by atoms with E-state index in [0.717, 1.165) is 108 Å². The molecule has 0 bridgehead atoms. The van der Waals surface area contributed by atoms with Crippen LogP contribution >= 0.6 is 0 Å². The van der Waals surface area contributed by atoms with Crippen LogP contribution in [0, 0.1) is 6.92 Å². The zero-order valence-electron chi connectivity index (χ0n) is 36.3. The van der Waals surface area contributed by atoms with Gasteiger partial charge in [-0.2, -0.15) is 0 Å². The molecule has 1 atom stereocenters. The molecular weight excluding hydrogens is 802 g/mol. The van der Waals surface area contributed by atoms with E-state index in [-0.39, 0.29) is 0 Å². The minimum Gasteiger partial charge on any atom is -0.497 e. The Morgan fingerprint density at radius 1 is 0.547 bits per heavy atom. The quantitative estimate of drug-likeness (QED) is 0.157. The van der Waals surface area contributed by atoms with Gasteiger partial charge >= 0.3 is 0 Å². The third kappa shape index (κ3) is 9.00. The molecular formula is C52H52FN9O2. The molecule has 3 fully saturated rings. The summed E-state index contributed by atoms with van der Waals surface area (Å²) in [5, 5.41) is 0. The fourth-order valence-electron chi connectivity index (χ4n) is 8.44. The minimum atomic E-state index is -0.708. The number of anilines is 3. The summed E-state index contributed by atoms with van der Waals surface area (Å²) < 4.78 is 30.1. The van der Waals surface area contributed by atoms with Crippen LogP contribution < -0.4 is 19.4 Å². The number of benzene rings is 3. The highest BCUT2D eigenvalue weighted by molar-refractivity contribution is 5.68. The lowest BCUT2D eigenvalue weighted by Crippen LogP contribution is -2.36. The van der Waals surface area contributed by atoms with E-state index in [9.17, 15) is 4.39 Å². The van der Waals surface area contributed by atoms with Gasteiger partial charge < -0.3 is 37.4 Å². The Labute approximate surface area is 372 Å². The first-order chi connectivity index (χ1) is 31.4. The van der Waals surface area contributed by atoms with E-state index in [1.54, 1.807) is 7.11 Å². The Morgan fingerprint density at radius 3 is 1.56 bits per heavy atom. The number of pyridine rings is 3. The van der Waals surface area contributed by atoms with Gasteiger partial charge in [0.15, 0.2) is 0 Å². The maximum absolute atomic E-state index is 13.3. The van der Waals surface area contributed by atoms with Crippen molar-refractivity contribution in [2.24, 2.45) is 0 Å². The second kappa shape index (κ2) is 18.3. The van der Waals surface area contributed by atoms with Crippen molar-refractivity contribution in [3.8, 4) is 39.5 Å². The molecule has 3 aromatic carbocycles. The molecule has 64 heavy (non-hydrogen) atoms. The first-order valence-corrected chi connectivity index (χ1v) is 22.1. The van der Waals surface area contributed by atoms with Crippen LogP contribution in [0.25, 0.3) is 50.7 Å². The molecule has 324 valence electrons. The second-order valence-electron chi connectivity index (χ2n) is 16.6. The highest BCUT2D eigenvalue weighted by Crippen LogP contribution is 2.28. The molecule has 9 heterocycles. The summed E-state index contributed by atoms with van der Waals surface area (Å²) in [6, 6.07) is 39.3. The molecule has 3 saturated heterocycles. The summed E-state index contributed by atoms with van der Waals surface area (Å²) >= 11 is 0. The highest BCUT2D eigenvalue weighted by atomic mass is 19.1. The van der Waals surface area contributed by atoms with Crippen LogP contribution in [0.3, 0.4) is 0 Å². The largest absolute Gasteiger partial charge is 0.497 e. The van der Waals surface area contributed by atoms with E-state index >= 15 is 0 Å². The Bertz CT molecular complexity index is 2990. The first-order valence-electron chi connectivity index (χ1n) is 22.1. The van der Waals surface area contributed by atoms with Gasteiger partial charge in [0, 0.05) is 128 Å². The van der Waals surface area contributed by atoms with Gasteiger partial charge in [-0.25, -0.2) is 19.3 Å². The minimum absolute atomic E-state index is 0.489. The van der Waals surface area contributed by atoms with E-state index in [4.69, 9.17) is 19.4 Å². The van der Waals surface area contributed by atoms with Crippen molar-refractivity contribution in [1.29, 1.82) is 0 Å². The average molecular weight is 854 g/mol. The second-order valence-corrected chi connectivity index (χ2v) is 16.6. The number of aryl methyl sites for hydroxylation is 1. The topological polar surface area (TPSA) is 80.1 Å². The molecule has 0 radical (unpaired) electrons. The predicted octanol–water partition coefficient (Wildman–Crippen LogP) is 9.92. The number of aromatic nitrogens is 6. The SMILES string of the molecule is COc1ccc(-c2cn3ccc(N4CCC4)cc3n2)cc1.Cc1cccc(-c2cn3ccc(N4CCOCC4)cc3n2)c1.F[C@H]1CCN(c2ccn3cc(-c4ccccc4)nc3c2)C1. The lowest BCUT2D eigenvalue weighted by atomic mass is 10.1. The van der Waals surface area contributed by atoms with Crippen molar-refractivity contribution in [2.45, 2.75) is 25.9 Å². The number of hydrogen-bond acceptors (Lipinski definition) is 8. The molecule has 3 aliphatic heterocycles. The van der Waals surface area contributed by atoms with Crippen molar-refractivity contribution in [3.05, 3.63) is 158 Å². The van der Waals surface area contributed by atoms with E-state index in [0.29, 0.717) is 13.0 Å². The van der Waals surface area contributed by atoms with Gasteiger partial charge in [-0.05, 0) is 68.3 Å². The number of fused-ring (bicyclic) bond motifs is 3. The molecule has 0 unspecified atom stereocenters. The Morgan fingerprint density at radius 2 is 1.06 bits per heavy atom. The lowest BCUT2D eigenvalue weighted by molar-refractivity contribution is 0.122. The van der Waals surface area contributed by atoms with Crippen molar-refractivity contribution < 1.29 is 13.9 Å². The highest BCUT2D eigenvalue weighted by Gasteiger charge is 2.22. The molecule has 0 aliphatic carbocycles. The molecule has 11 nitrogen and oxygen atoms in total. The lowest BCUT2D eigenvalue weighted by Gasteiger charge is -2.33. The smallest absolute Gasteiger partial charge is 0.139 e. The van der Waals surface area contributed by atoms with Crippen LogP contribution in [-0.2, 0) is 4.74 Å². The van der Waals surface area contributed by atoms with Gasteiger partial charge in [0.1, 0.15) is 28.9 Å². The monoisotopic (exact) mass is 853 g/mol. The Hall–Kier alpha value is -7.18. The van der Waals surface area contributed by atoms with Gasteiger partial charge in [-0.3, -0.25) is 0 Å². The molecule has 0 amide bonds. The third-order valence-electron chi connectivity index (χ3n) is 12.2.